The summed E-state index contributed by atoms with van der Waals surface area (Å²) in [4.78, 5) is 15.1. The standard InChI is InChI=1S/C21H31N5O2S/c1-4-9-18(17-10-7-6-8-11-17)22-19(27)16(3)29-21-24-23-20(26(21)5-2)25-12-14-28-15-13-25/h6-8,10-11,16,18H,4-5,9,12-15H2,1-3H3,(H,22,27). The van der Waals surface area contributed by atoms with Crippen molar-refractivity contribution in [1.29, 1.82) is 0 Å². The topological polar surface area (TPSA) is 72.3 Å². The summed E-state index contributed by atoms with van der Waals surface area (Å²) >= 11 is 1.46. The summed E-state index contributed by atoms with van der Waals surface area (Å²) in [5, 5.41) is 12.5. The SMILES string of the molecule is CCCC(NC(=O)C(C)Sc1nnc(N2CCOCC2)n1CC)c1ccccc1. The predicted molar refractivity (Wildman–Crippen MR) is 116 cm³/mol. The first-order valence-corrected chi connectivity index (χ1v) is 11.3. The van der Waals surface area contributed by atoms with Crippen LogP contribution in [-0.4, -0.2) is 52.2 Å². The van der Waals surface area contributed by atoms with Gasteiger partial charge in [0.15, 0.2) is 5.16 Å². The Balaban J connectivity index is 1.66. The van der Waals surface area contributed by atoms with E-state index in [2.05, 4.69) is 51.0 Å². The van der Waals surface area contributed by atoms with Crippen LogP contribution >= 0.6 is 11.8 Å². The number of carbonyl (C=O) groups excluding carboxylic acids is 1. The van der Waals surface area contributed by atoms with Crippen molar-refractivity contribution in [3.05, 3.63) is 35.9 Å². The van der Waals surface area contributed by atoms with Crippen molar-refractivity contribution >= 4 is 23.6 Å². The van der Waals surface area contributed by atoms with Gasteiger partial charge in [0.1, 0.15) is 0 Å². The van der Waals surface area contributed by atoms with Crippen LogP contribution in [0, 0.1) is 0 Å². The lowest BCUT2D eigenvalue weighted by Gasteiger charge is -2.27. The number of nitrogens with zero attached hydrogens (tertiary/aromatic N) is 4. The van der Waals surface area contributed by atoms with Gasteiger partial charge in [-0.25, -0.2) is 0 Å². The highest BCUT2D eigenvalue weighted by Gasteiger charge is 2.24. The van der Waals surface area contributed by atoms with Crippen LogP contribution in [0.15, 0.2) is 35.5 Å². The fraction of sp³-hybridized carbons (Fsp3) is 0.571. The molecule has 1 aliphatic rings. The molecule has 1 amide bonds. The van der Waals surface area contributed by atoms with Gasteiger partial charge in [-0.15, -0.1) is 10.2 Å². The normalized spacial score (nSPS) is 16.4. The molecule has 1 fully saturated rings. The van der Waals surface area contributed by atoms with Crippen LogP contribution < -0.4 is 10.2 Å². The molecule has 1 aromatic carbocycles. The fourth-order valence-electron chi connectivity index (χ4n) is 3.44. The lowest BCUT2D eigenvalue weighted by atomic mass is 10.0. The van der Waals surface area contributed by atoms with Gasteiger partial charge in [-0.1, -0.05) is 55.4 Å². The van der Waals surface area contributed by atoms with Crippen LogP contribution in [0.25, 0.3) is 0 Å². The maximum absolute atomic E-state index is 12.9. The second-order valence-corrected chi connectivity index (χ2v) is 8.45. The first kappa shape index (κ1) is 21.6. The molecule has 0 bridgehead atoms. The van der Waals surface area contributed by atoms with E-state index in [9.17, 15) is 4.79 Å². The van der Waals surface area contributed by atoms with E-state index in [-0.39, 0.29) is 17.2 Å². The van der Waals surface area contributed by atoms with Gasteiger partial charge in [0.2, 0.25) is 11.9 Å². The third-order valence-electron chi connectivity index (χ3n) is 5.05. The second kappa shape index (κ2) is 10.6. The molecule has 0 saturated carbocycles. The molecule has 2 atom stereocenters. The predicted octanol–water partition coefficient (Wildman–Crippen LogP) is 3.27. The number of thioether (sulfide) groups is 1. The van der Waals surface area contributed by atoms with E-state index in [1.165, 1.54) is 11.8 Å². The van der Waals surface area contributed by atoms with Gasteiger partial charge in [0, 0.05) is 19.6 Å². The van der Waals surface area contributed by atoms with Gasteiger partial charge in [0.05, 0.1) is 24.5 Å². The van der Waals surface area contributed by atoms with Crippen molar-refractivity contribution in [3.8, 4) is 0 Å². The molecule has 0 aliphatic carbocycles. The fourth-order valence-corrected chi connectivity index (χ4v) is 4.36. The summed E-state index contributed by atoms with van der Waals surface area (Å²) in [6.07, 6.45) is 1.92. The average Bonchev–Trinajstić information content (AvgIpc) is 3.17. The van der Waals surface area contributed by atoms with E-state index in [1.807, 2.05) is 25.1 Å². The zero-order valence-electron chi connectivity index (χ0n) is 17.5. The van der Waals surface area contributed by atoms with Crippen molar-refractivity contribution < 1.29 is 9.53 Å². The van der Waals surface area contributed by atoms with Gasteiger partial charge < -0.3 is 15.0 Å². The van der Waals surface area contributed by atoms with Gasteiger partial charge in [-0.2, -0.15) is 0 Å². The first-order valence-electron chi connectivity index (χ1n) is 10.4. The molecule has 2 aromatic rings. The minimum atomic E-state index is -0.259. The van der Waals surface area contributed by atoms with Crippen LogP contribution in [0.5, 0.6) is 0 Å². The number of morpholine rings is 1. The molecule has 0 spiro atoms. The van der Waals surface area contributed by atoms with Crippen LogP contribution in [-0.2, 0) is 16.1 Å². The molecule has 2 heterocycles. The van der Waals surface area contributed by atoms with Gasteiger partial charge in [-0.3, -0.25) is 9.36 Å². The third-order valence-corrected chi connectivity index (χ3v) is 6.14. The quantitative estimate of drug-likeness (QED) is 0.632. The number of hydrogen-bond acceptors (Lipinski definition) is 6. The van der Waals surface area contributed by atoms with E-state index in [0.717, 1.165) is 49.1 Å². The van der Waals surface area contributed by atoms with Crippen molar-refractivity contribution in [2.75, 3.05) is 31.2 Å². The van der Waals surface area contributed by atoms with E-state index >= 15 is 0 Å². The number of nitrogens with one attached hydrogen (secondary N) is 1. The molecule has 1 aromatic heterocycles. The van der Waals surface area contributed by atoms with Crippen LogP contribution in [0.2, 0.25) is 0 Å². The number of hydrogen-bond donors (Lipinski definition) is 1. The molecule has 1 aliphatic heterocycles. The lowest BCUT2D eigenvalue weighted by molar-refractivity contribution is -0.121. The van der Waals surface area contributed by atoms with Gasteiger partial charge in [0.25, 0.3) is 0 Å². The molecule has 8 heteroatoms. The number of aromatic nitrogens is 3. The summed E-state index contributed by atoms with van der Waals surface area (Å²) in [6, 6.07) is 10.2. The van der Waals surface area contributed by atoms with Gasteiger partial charge >= 0.3 is 0 Å². The molecular weight excluding hydrogens is 386 g/mol. The first-order chi connectivity index (χ1) is 14.1. The van der Waals surface area contributed by atoms with Crippen LogP contribution in [0.1, 0.15) is 45.2 Å². The molecule has 0 radical (unpaired) electrons. The smallest absolute Gasteiger partial charge is 0.233 e. The molecule has 1 N–H and O–H groups in total. The molecule has 158 valence electrons. The Kier molecular flexibility index (Phi) is 7.94. The Labute approximate surface area is 177 Å². The average molecular weight is 418 g/mol. The minimum Gasteiger partial charge on any atom is -0.378 e. The van der Waals surface area contributed by atoms with E-state index in [1.54, 1.807) is 0 Å². The maximum Gasteiger partial charge on any atom is 0.233 e. The Morgan fingerprint density at radius 2 is 1.93 bits per heavy atom. The number of anilines is 1. The highest BCUT2D eigenvalue weighted by molar-refractivity contribution is 8.00. The summed E-state index contributed by atoms with van der Waals surface area (Å²) < 4.78 is 7.52. The van der Waals surface area contributed by atoms with Crippen molar-refractivity contribution in [3.63, 3.8) is 0 Å². The molecule has 1 saturated heterocycles. The third kappa shape index (κ3) is 5.51. The van der Waals surface area contributed by atoms with E-state index in [4.69, 9.17) is 4.74 Å². The summed E-state index contributed by atoms with van der Waals surface area (Å²) in [6.45, 7) is 9.94. The van der Waals surface area contributed by atoms with Gasteiger partial charge in [-0.05, 0) is 25.8 Å². The molecular formula is C21H31N5O2S. The monoisotopic (exact) mass is 417 g/mol. The number of benzene rings is 1. The number of ether oxygens (including phenoxy) is 1. The van der Waals surface area contributed by atoms with E-state index in [0.29, 0.717) is 13.2 Å². The second-order valence-electron chi connectivity index (χ2n) is 7.15. The highest BCUT2D eigenvalue weighted by atomic mass is 32.2. The summed E-state index contributed by atoms with van der Waals surface area (Å²) in [5.41, 5.74) is 1.14. The maximum atomic E-state index is 12.9. The number of amides is 1. The van der Waals surface area contributed by atoms with Crippen molar-refractivity contribution in [2.45, 2.75) is 56.6 Å². The molecule has 2 unspecified atom stereocenters. The Morgan fingerprint density at radius 1 is 1.21 bits per heavy atom. The Morgan fingerprint density at radius 3 is 2.59 bits per heavy atom. The van der Waals surface area contributed by atoms with Crippen LogP contribution in [0.3, 0.4) is 0 Å². The largest absolute Gasteiger partial charge is 0.378 e. The zero-order valence-corrected chi connectivity index (χ0v) is 18.3. The lowest BCUT2D eigenvalue weighted by Crippen LogP contribution is -2.38. The highest BCUT2D eigenvalue weighted by Crippen LogP contribution is 2.27. The molecule has 29 heavy (non-hydrogen) atoms. The van der Waals surface area contributed by atoms with Crippen LogP contribution in [0.4, 0.5) is 5.95 Å². The Bertz CT molecular complexity index is 777. The number of carbonyl (C=O) groups is 1. The van der Waals surface area contributed by atoms with Crippen molar-refractivity contribution in [2.24, 2.45) is 0 Å². The molecule has 7 nitrogen and oxygen atoms in total. The summed E-state index contributed by atoms with van der Waals surface area (Å²) in [5.74, 6) is 0.884. The molecule has 3 rings (SSSR count). The van der Waals surface area contributed by atoms with E-state index < -0.39 is 0 Å². The Hall–Kier alpha value is -2.06. The van der Waals surface area contributed by atoms with Crippen molar-refractivity contribution in [1.82, 2.24) is 20.1 Å². The minimum absolute atomic E-state index is 0.0240. The summed E-state index contributed by atoms with van der Waals surface area (Å²) in [7, 11) is 0. The number of rotatable bonds is 9. The zero-order chi connectivity index (χ0) is 20.6.